The molecule has 2 heterocycles. The molecule has 0 aromatic heterocycles. The van der Waals surface area contributed by atoms with Gasteiger partial charge < -0.3 is 14.8 Å². The molecular formula is C18H25NO2. The van der Waals surface area contributed by atoms with Gasteiger partial charge in [-0.25, -0.2) is 0 Å². The van der Waals surface area contributed by atoms with E-state index >= 15 is 0 Å². The fourth-order valence-electron chi connectivity index (χ4n) is 3.81. The summed E-state index contributed by atoms with van der Waals surface area (Å²) in [5.41, 5.74) is 2.78. The summed E-state index contributed by atoms with van der Waals surface area (Å²) in [6, 6.07) is 7.68. The lowest BCUT2D eigenvalue weighted by molar-refractivity contribution is 0.0787. The molecule has 3 heteroatoms. The van der Waals surface area contributed by atoms with Gasteiger partial charge in [0.25, 0.3) is 0 Å². The number of hydrogen-bond acceptors (Lipinski definition) is 3. The van der Waals surface area contributed by atoms with Crippen molar-refractivity contribution in [3.05, 3.63) is 29.3 Å². The van der Waals surface area contributed by atoms with Crippen molar-refractivity contribution in [3.63, 3.8) is 0 Å². The molecule has 21 heavy (non-hydrogen) atoms. The molecule has 1 N–H and O–H groups in total. The summed E-state index contributed by atoms with van der Waals surface area (Å²) < 4.78 is 11.6. The molecule has 3 aliphatic rings. The van der Waals surface area contributed by atoms with Crippen LogP contribution in [0.2, 0.25) is 0 Å². The van der Waals surface area contributed by atoms with Crippen LogP contribution in [0.1, 0.15) is 49.8 Å². The third-order valence-electron chi connectivity index (χ3n) is 5.16. The van der Waals surface area contributed by atoms with Crippen LogP contribution < -0.4 is 10.1 Å². The Labute approximate surface area is 127 Å². The average Bonchev–Trinajstić information content (AvgIpc) is 3.07. The van der Waals surface area contributed by atoms with Crippen molar-refractivity contribution in [2.75, 3.05) is 13.2 Å². The highest BCUT2D eigenvalue weighted by molar-refractivity contribution is 5.40. The maximum absolute atomic E-state index is 5.96. The molecule has 1 saturated heterocycles. The highest BCUT2D eigenvalue weighted by Crippen LogP contribution is 2.39. The first-order chi connectivity index (χ1) is 10.3. The summed E-state index contributed by atoms with van der Waals surface area (Å²) in [4.78, 5) is 0. The van der Waals surface area contributed by atoms with Gasteiger partial charge in [0.15, 0.2) is 0 Å². The number of hydrogen-bond donors (Lipinski definition) is 1. The highest BCUT2D eigenvalue weighted by Gasteiger charge is 2.41. The second kappa shape index (κ2) is 5.62. The van der Waals surface area contributed by atoms with E-state index in [1.807, 2.05) is 0 Å². The normalized spacial score (nSPS) is 29.2. The Hall–Kier alpha value is -1.06. The van der Waals surface area contributed by atoms with Crippen LogP contribution in [-0.4, -0.2) is 25.4 Å². The van der Waals surface area contributed by atoms with Gasteiger partial charge in [0.1, 0.15) is 5.75 Å². The monoisotopic (exact) mass is 287 g/mol. The van der Waals surface area contributed by atoms with Gasteiger partial charge in [-0.1, -0.05) is 19.1 Å². The lowest BCUT2D eigenvalue weighted by atomic mass is 9.98. The van der Waals surface area contributed by atoms with Crippen LogP contribution in [0.4, 0.5) is 0 Å². The zero-order valence-corrected chi connectivity index (χ0v) is 12.8. The van der Waals surface area contributed by atoms with E-state index in [9.17, 15) is 0 Å². The first-order valence-electron chi connectivity index (χ1n) is 8.48. The molecule has 1 saturated carbocycles. The quantitative estimate of drug-likeness (QED) is 0.902. The Morgan fingerprint density at radius 3 is 2.95 bits per heavy atom. The summed E-state index contributed by atoms with van der Waals surface area (Å²) >= 11 is 0. The molecule has 1 aromatic rings. The van der Waals surface area contributed by atoms with E-state index in [1.165, 1.54) is 24.0 Å². The van der Waals surface area contributed by atoms with Crippen LogP contribution >= 0.6 is 0 Å². The second-order valence-electron chi connectivity index (χ2n) is 6.66. The average molecular weight is 287 g/mol. The molecule has 0 bridgehead atoms. The van der Waals surface area contributed by atoms with E-state index in [0.717, 1.165) is 44.1 Å². The van der Waals surface area contributed by atoms with Gasteiger partial charge in [-0.15, -0.1) is 0 Å². The number of benzene rings is 1. The van der Waals surface area contributed by atoms with Crippen LogP contribution in [0.15, 0.2) is 18.2 Å². The van der Waals surface area contributed by atoms with E-state index in [1.54, 1.807) is 0 Å². The second-order valence-corrected chi connectivity index (χ2v) is 6.66. The van der Waals surface area contributed by atoms with Crippen LogP contribution in [0.3, 0.4) is 0 Å². The molecule has 0 amide bonds. The Bertz CT molecular complexity index is 512. The SMILES string of the molecule is CCC(NC1CCOC1C1CC1)c1ccc2c(c1)CCO2. The maximum atomic E-state index is 5.96. The van der Waals surface area contributed by atoms with Crippen LogP contribution in [0.25, 0.3) is 0 Å². The van der Waals surface area contributed by atoms with Gasteiger partial charge in [0.2, 0.25) is 0 Å². The summed E-state index contributed by atoms with van der Waals surface area (Å²) in [6.45, 7) is 4.03. The summed E-state index contributed by atoms with van der Waals surface area (Å²) in [5, 5.41) is 3.88. The summed E-state index contributed by atoms with van der Waals surface area (Å²) in [7, 11) is 0. The number of nitrogens with one attached hydrogen (secondary N) is 1. The minimum Gasteiger partial charge on any atom is -0.493 e. The maximum Gasteiger partial charge on any atom is 0.122 e. The highest BCUT2D eigenvalue weighted by atomic mass is 16.5. The van der Waals surface area contributed by atoms with E-state index in [-0.39, 0.29) is 0 Å². The van der Waals surface area contributed by atoms with Gasteiger partial charge in [0.05, 0.1) is 12.7 Å². The Morgan fingerprint density at radius 2 is 2.14 bits per heavy atom. The van der Waals surface area contributed by atoms with Crippen molar-refractivity contribution in [3.8, 4) is 5.75 Å². The van der Waals surface area contributed by atoms with Crippen LogP contribution in [0, 0.1) is 5.92 Å². The fourth-order valence-corrected chi connectivity index (χ4v) is 3.81. The molecule has 3 nitrogen and oxygen atoms in total. The Morgan fingerprint density at radius 1 is 1.24 bits per heavy atom. The minimum atomic E-state index is 0.434. The van der Waals surface area contributed by atoms with Crippen molar-refractivity contribution in [1.82, 2.24) is 5.32 Å². The van der Waals surface area contributed by atoms with Crippen molar-refractivity contribution >= 4 is 0 Å². The predicted molar refractivity (Wildman–Crippen MR) is 82.7 cm³/mol. The Balaban J connectivity index is 1.49. The molecule has 1 aliphatic carbocycles. The molecular weight excluding hydrogens is 262 g/mol. The molecule has 114 valence electrons. The van der Waals surface area contributed by atoms with Gasteiger partial charge in [-0.05, 0) is 48.8 Å². The summed E-state index contributed by atoms with van der Waals surface area (Å²) in [6.07, 6.45) is 6.50. The molecule has 4 rings (SSSR count). The summed E-state index contributed by atoms with van der Waals surface area (Å²) in [5.74, 6) is 1.89. The van der Waals surface area contributed by atoms with Crippen molar-refractivity contribution in [1.29, 1.82) is 0 Å². The molecule has 0 spiro atoms. The van der Waals surface area contributed by atoms with Gasteiger partial charge in [0, 0.05) is 25.1 Å². The lowest BCUT2D eigenvalue weighted by Crippen LogP contribution is -2.39. The molecule has 2 fully saturated rings. The number of ether oxygens (including phenoxy) is 2. The standard InChI is InChI=1S/C18H25NO2/c1-2-15(13-5-6-17-14(11-13)7-9-20-17)19-16-8-10-21-18(16)12-3-4-12/h5-6,11-12,15-16,18-19H,2-4,7-10H2,1H3. The van der Waals surface area contributed by atoms with E-state index < -0.39 is 0 Å². The molecule has 3 unspecified atom stereocenters. The van der Waals surface area contributed by atoms with E-state index in [0.29, 0.717) is 18.2 Å². The molecule has 0 radical (unpaired) electrons. The van der Waals surface area contributed by atoms with Crippen molar-refractivity contribution in [2.24, 2.45) is 5.92 Å². The largest absolute Gasteiger partial charge is 0.493 e. The van der Waals surface area contributed by atoms with Gasteiger partial charge in [-0.3, -0.25) is 0 Å². The fraction of sp³-hybridized carbons (Fsp3) is 0.667. The third-order valence-corrected chi connectivity index (χ3v) is 5.16. The molecule has 3 atom stereocenters. The van der Waals surface area contributed by atoms with Crippen molar-refractivity contribution in [2.45, 2.75) is 57.2 Å². The van der Waals surface area contributed by atoms with Gasteiger partial charge in [-0.2, -0.15) is 0 Å². The number of fused-ring (bicyclic) bond motifs is 1. The lowest BCUT2D eigenvalue weighted by Gasteiger charge is -2.26. The smallest absolute Gasteiger partial charge is 0.122 e. The van der Waals surface area contributed by atoms with Gasteiger partial charge >= 0.3 is 0 Å². The minimum absolute atomic E-state index is 0.434. The predicted octanol–water partition coefficient (Wildman–Crippen LogP) is 3.23. The zero-order chi connectivity index (χ0) is 14.2. The first kappa shape index (κ1) is 13.6. The van der Waals surface area contributed by atoms with Crippen LogP contribution in [0.5, 0.6) is 5.75 Å². The number of rotatable bonds is 5. The Kier molecular flexibility index (Phi) is 3.64. The molecule has 1 aromatic carbocycles. The first-order valence-corrected chi connectivity index (χ1v) is 8.48. The topological polar surface area (TPSA) is 30.5 Å². The van der Waals surface area contributed by atoms with Crippen molar-refractivity contribution < 1.29 is 9.47 Å². The zero-order valence-electron chi connectivity index (χ0n) is 12.8. The van der Waals surface area contributed by atoms with Crippen LogP contribution in [-0.2, 0) is 11.2 Å². The van der Waals surface area contributed by atoms with E-state index in [4.69, 9.17) is 9.47 Å². The molecule has 2 aliphatic heterocycles. The third kappa shape index (κ3) is 2.69. The van der Waals surface area contributed by atoms with E-state index in [2.05, 4.69) is 30.4 Å².